The maximum atomic E-state index is 12.2. The van der Waals surface area contributed by atoms with Crippen molar-refractivity contribution in [2.24, 2.45) is 0 Å². The number of nitrogens with one attached hydrogen (secondary N) is 2. The average molecular weight is 281 g/mol. The Morgan fingerprint density at radius 3 is 2.74 bits per heavy atom. The monoisotopic (exact) mass is 281 g/mol. The number of oxazole rings is 1. The minimum Gasteiger partial charge on any atom is -0.427 e. The second-order valence-corrected chi connectivity index (χ2v) is 6.18. The second kappa shape index (κ2) is 4.92. The summed E-state index contributed by atoms with van der Waals surface area (Å²) in [6.07, 6.45) is 1.55. The lowest BCUT2D eigenvalue weighted by Crippen LogP contribution is -2.42. The van der Waals surface area contributed by atoms with Crippen LogP contribution in [-0.4, -0.2) is 32.5 Å². The molecule has 1 saturated heterocycles. The van der Waals surface area contributed by atoms with Crippen LogP contribution in [0.2, 0.25) is 0 Å². The van der Waals surface area contributed by atoms with Crippen LogP contribution < -0.4 is 10.0 Å². The van der Waals surface area contributed by atoms with E-state index in [2.05, 4.69) is 15.0 Å². The highest BCUT2D eigenvalue weighted by Gasteiger charge is 2.26. The number of piperidine rings is 1. The maximum absolute atomic E-state index is 12.2. The smallest absolute Gasteiger partial charge is 0.331 e. The summed E-state index contributed by atoms with van der Waals surface area (Å²) in [5.41, 5.74) is 1.03. The molecule has 7 heteroatoms. The van der Waals surface area contributed by atoms with E-state index in [9.17, 15) is 8.42 Å². The Labute approximate surface area is 111 Å². The normalized spacial score (nSPS) is 17.9. The molecule has 0 unspecified atom stereocenters. The second-order valence-electron chi connectivity index (χ2n) is 4.59. The van der Waals surface area contributed by atoms with Crippen molar-refractivity contribution in [2.45, 2.75) is 24.1 Å². The lowest BCUT2D eigenvalue weighted by Gasteiger charge is -2.22. The van der Waals surface area contributed by atoms with Crippen LogP contribution in [0.15, 0.2) is 33.9 Å². The van der Waals surface area contributed by atoms with Gasteiger partial charge < -0.3 is 9.73 Å². The van der Waals surface area contributed by atoms with E-state index in [1.54, 1.807) is 24.3 Å². The molecule has 1 aliphatic rings. The third-order valence-corrected chi connectivity index (χ3v) is 4.44. The molecule has 0 radical (unpaired) electrons. The molecular formula is C12H15N3O3S. The van der Waals surface area contributed by atoms with Gasteiger partial charge in [-0.05, 0) is 38.1 Å². The summed E-state index contributed by atoms with van der Waals surface area (Å²) in [5.74, 6) is 0. The van der Waals surface area contributed by atoms with Gasteiger partial charge in [0.05, 0.1) is 0 Å². The van der Waals surface area contributed by atoms with Crippen molar-refractivity contribution in [1.82, 2.24) is 15.0 Å². The first-order valence-electron chi connectivity index (χ1n) is 6.24. The highest BCUT2D eigenvalue weighted by molar-refractivity contribution is 7.89. The molecule has 1 aromatic heterocycles. The highest BCUT2D eigenvalue weighted by Crippen LogP contribution is 2.19. The summed E-state index contributed by atoms with van der Waals surface area (Å²) >= 11 is 0. The van der Waals surface area contributed by atoms with Crippen LogP contribution in [0.25, 0.3) is 11.1 Å². The third-order valence-electron chi connectivity index (χ3n) is 3.17. The van der Waals surface area contributed by atoms with Crippen molar-refractivity contribution in [2.75, 3.05) is 13.1 Å². The molecule has 2 aromatic rings. The molecule has 0 saturated carbocycles. The molecule has 102 valence electrons. The first-order valence-corrected chi connectivity index (χ1v) is 7.72. The molecular weight excluding hydrogens is 266 g/mol. The molecule has 0 aliphatic carbocycles. The molecule has 1 fully saturated rings. The van der Waals surface area contributed by atoms with Crippen LogP contribution >= 0.6 is 0 Å². The zero-order valence-electron chi connectivity index (χ0n) is 10.3. The Balaban J connectivity index is 1.86. The van der Waals surface area contributed by atoms with Crippen molar-refractivity contribution in [1.29, 1.82) is 0 Å². The third kappa shape index (κ3) is 2.63. The van der Waals surface area contributed by atoms with Gasteiger partial charge in [0.1, 0.15) is 5.52 Å². The van der Waals surface area contributed by atoms with Crippen molar-refractivity contribution in [3.63, 3.8) is 0 Å². The van der Waals surface area contributed by atoms with E-state index in [0.717, 1.165) is 25.9 Å². The van der Waals surface area contributed by atoms with Gasteiger partial charge in [-0.1, -0.05) is 12.1 Å². The van der Waals surface area contributed by atoms with Gasteiger partial charge in [-0.3, -0.25) is 0 Å². The molecule has 1 aromatic carbocycles. The first-order chi connectivity index (χ1) is 9.15. The number of hydrogen-bond donors (Lipinski definition) is 2. The van der Waals surface area contributed by atoms with Crippen LogP contribution in [0, 0.1) is 0 Å². The lowest BCUT2D eigenvalue weighted by atomic mass is 10.1. The SMILES string of the molecule is O=S(=O)(NC1CCNCC1)c1nc2ccccc2o1. The summed E-state index contributed by atoms with van der Waals surface area (Å²) in [4.78, 5) is 4.02. The molecule has 3 rings (SSSR count). The van der Waals surface area contributed by atoms with Crippen LogP contribution in [0.4, 0.5) is 0 Å². The quantitative estimate of drug-likeness (QED) is 0.871. The van der Waals surface area contributed by atoms with Gasteiger partial charge in [0.15, 0.2) is 5.58 Å². The fourth-order valence-electron chi connectivity index (χ4n) is 2.18. The Morgan fingerprint density at radius 2 is 2.00 bits per heavy atom. The van der Waals surface area contributed by atoms with Gasteiger partial charge in [0.25, 0.3) is 10.0 Å². The van der Waals surface area contributed by atoms with Gasteiger partial charge in [-0.25, -0.2) is 13.1 Å². The molecule has 1 aliphatic heterocycles. The Bertz CT molecular complexity index is 641. The summed E-state index contributed by atoms with van der Waals surface area (Å²) in [5, 5.41) is 2.93. The predicted octanol–water partition coefficient (Wildman–Crippen LogP) is 0.858. The minimum atomic E-state index is -3.68. The van der Waals surface area contributed by atoms with Gasteiger partial charge in [0, 0.05) is 6.04 Å². The summed E-state index contributed by atoms with van der Waals surface area (Å²) in [6.45, 7) is 1.64. The van der Waals surface area contributed by atoms with Gasteiger partial charge in [-0.15, -0.1) is 0 Å². The topological polar surface area (TPSA) is 84.2 Å². The first kappa shape index (κ1) is 12.6. The number of rotatable bonds is 3. The Morgan fingerprint density at radius 1 is 1.26 bits per heavy atom. The fraction of sp³-hybridized carbons (Fsp3) is 0.417. The number of aromatic nitrogens is 1. The predicted molar refractivity (Wildman–Crippen MR) is 70.2 cm³/mol. The molecule has 0 spiro atoms. The molecule has 6 nitrogen and oxygen atoms in total. The van der Waals surface area contributed by atoms with E-state index in [-0.39, 0.29) is 11.3 Å². The zero-order valence-corrected chi connectivity index (χ0v) is 11.1. The number of benzene rings is 1. The summed E-state index contributed by atoms with van der Waals surface area (Å²) in [6, 6.07) is 6.95. The number of hydrogen-bond acceptors (Lipinski definition) is 5. The van der Waals surface area contributed by atoms with E-state index in [0.29, 0.717) is 11.1 Å². The molecule has 2 heterocycles. The number of sulfonamides is 1. The average Bonchev–Trinajstić information content (AvgIpc) is 2.84. The van der Waals surface area contributed by atoms with Crippen molar-refractivity contribution < 1.29 is 12.8 Å². The van der Waals surface area contributed by atoms with E-state index in [4.69, 9.17) is 4.42 Å². The van der Waals surface area contributed by atoms with Crippen LogP contribution in [0.3, 0.4) is 0 Å². The van der Waals surface area contributed by atoms with E-state index < -0.39 is 10.0 Å². The van der Waals surface area contributed by atoms with Gasteiger partial charge >= 0.3 is 5.22 Å². The Kier molecular flexibility index (Phi) is 3.26. The van der Waals surface area contributed by atoms with E-state index in [1.807, 2.05) is 0 Å². The standard InChI is InChI=1S/C12H15N3O3S/c16-19(17,15-9-5-7-13-8-6-9)12-14-10-3-1-2-4-11(10)18-12/h1-4,9,13,15H,5-8H2. The van der Waals surface area contributed by atoms with Crippen molar-refractivity contribution >= 4 is 21.1 Å². The van der Waals surface area contributed by atoms with E-state index in [1.165, 1.54) is 0 Å². The minimum absolute atomic E-state index is 0.0544. The maximum Gasteiger partial charge on any atom is 0.331 e. The molecule has 0 atom stereocenters. The molecule has 2 N–H and O–H groups in total. The van der Waals surface area contributed by atoms with Crippen molar-refractivity contribution in [3.05, 3.63) is 24.3 Å². The van der Waals surface area contributed by atoms with Crippen LogP contribution in [0.1, 0.15) is 12.8 Å². The number of nitrogens with zero attached hydrogens (tertiary/aromatic N) is 1. The largest absolute Gasteiger partial charge is 0.427 e. The van der Waals surface area contributed by atoms with Gasteiger partial charge in [-0.2, -0.15) is 4.98 Å². The van der Waals surface area contributed by atoms with E-state index >= 15 is 0 Å². The summed E-state index contributed by atoms with van der Waals surface area (Å²) in [7, 11) is -3.68. The molecule has 0 amide bonds. The van der Waals surface area contributed by atoms with Crippen molar-refractivity contribution in [3.8, 4) is 0 Å². The number of fused-ring (bicyclic) bond motifs is 1. The van der Waals surface area contributed by atoms with Gasteiger partial charge in [0.2, 0.25) is 0 Å². The van der Waals surface area contributed by atoms with Crippen LogP contribution in [-0.2, 0) is 10.0 Å². The van der Waals surface area contributed by atoms with Crippen LogP contribution in [0.5, 0.6) is 0 Å². The molecule has 0 bridgehead atoms. The fourth-order valence-corrected chi connectivity index (χ4v) is 3.37. The zero-order chi connectivity index (χ0) is 13.3. The number of para-hydroxylation sites is 2. The molecule has 19 heavy (non-hydrogen) atoms. The highest BCUT2D eigenvalue weighted by atomic mass is 32.2. The lowest BCUT2D eigenvalue weighted by molar-refractivity contribution is 0.410. The Hall–Kier alpha value is -1.44. The summed E-state index contributed by atoms with van der Waals surface area (Å²) < 4.78 is 32.3.